The zero-order chi connectivity index (χ0) is 22.1. The van der Waals surface area contributed by atoms with Crippen molar-refractivity contribution in [2.24, 2.45) is 5.92 Å². The molecule has 0 bridgehead atoms. The van der Waals surface area contributed by atoms with Gasteiger partial charge < -0.3 is 19.3 Å². The van der Waals surface area contributed by atoms with Crippen LogP contribution in [0, 0.1) is 5.92 Å². The van der Waals surface area contributed by atoms with Crippen LogP contribution in [0.15, 0.2) is 24.0 Å². The fraction of sp³-hybridized carbons (Fsp3) is 0.640. The summed E-state index contributed by atoms with van der Waals surface area (Å²) in [5, 5.41) is 11.0. The van der Waals surface area contributed by atoms with Gasteiger partial charge in [0.1, 0.15) is 17.1 Å². The van der Waals surface area contributed by atoms with Gasteiger partial charge in [-0.3, -0.25) is 4.79 Å². The van der Waals surface area contributed by atoms with Gasteiger partial charge >= 0.3 is 5.97 Å². The van der Waals surface area contributed by atoms with Crippen molar-refractivity contribution in [2.45, 2.75) is 83.7 Å². The lowest BCUT2D eigenvalue weighted by Gasteiger charge is -2.48. The summed E-state index contributed by atoms with van der Waals surface area (Å²) < 4.78 is 17.1. The predicted octanol–water partition coefficient (Wildman–Crippen LogP) is 5.60. The van der Waals surface area contributed by atoms with E-state index in [0.29, 0.717) is 23.8 Å². The Morgan fingerprint density at radius 2 is 2.10 bits per heavy atom. The topological polar surface area (TPSA) is 65.0 Å². The number of carbonyl (C=O) groups is 1. The van der Waals surface area contributed by atoms with Crippen molar-refractivity contribution in [2.75, 3.05) is 13.7 Å². The number of phenolic OH excluding ortho intramolecular Hbond substituents is 1. The van der Waals surface area contributed by atoms with Crippen molar-refractivity contribution in [1.29, 1.82) is 0 Å². The highest BCUT2D eigenvalue weighted by atomic mass is 16.5. The summed E-state index contributed by atoms with van der Waals surface area (Å²) in [5.41, 5.74) is 1.58. The second-order valence-corrected chi connectivity index (χ2v) is 9.69. The number of fused-ring (bicyclic) bond motifs is 3. The van der Waals surface area contributed by atoms with Crippen LogP contribution in [0.4, 0.5) is 0 Å². The third kappa shape index (κ3) is 4.17. The number of phenols is 1. The molecule has 1 aromatic carbocycles. The summed E-state index contributed by atoms with van der Waals surface area (Å²) in [6.07, 6.45) is 6.45. The van der Waals surface area contributed by atoms with Crippen LogP contribution in [0.1, 0.15) is 83.8 Å². The molecule has 1 aliphatic carbocycles. The first kappa shape index (κ1) is 22.5. The lowest BCUT2D eigenvalue weighted by molar-refractivity contribution is -0.149. The number of esters is 1. The molecule has 1 heterocycles. The Hall–Kier alpha value is -2.17. The minimum absolute atomic E-state index is 0.160. The van der Waals surface area contributed by atoms with Crippen molar-refractivity contribution in [3.63, 3.8) is 0 Å². The summed E-state index contributed by atoms with van der Waals surface area (Å²) >= 11 is 0. The van der Waals surface area contributed by atoms with Crippen molar-refractivity contribution in [3.8, 4) is 11.5 Å². The lowest BCUT2D eigenvalue weighted by atomic mass is 9.65. The molecule has 0 amide bonds. The van der Waals surface area contributed by atoms with Crippen LogP contribution in [-0.4, -0.2) is 30.4 Å². The Bertz CT molecular complexity index is 821. The Morgan fingerprint density at radius 3 is 2.77 bits per heavy atom. The molecule has 0 unspecified atom stereocenters. The van der Waals surface area contributed by atoms with E-state index in [1.807, 2.05) is 26.2 Å². The van der Waals surface area contributed by atoms with Crippen molar-refractivity contribution >= 4 is 5.97 Å². The minimum Gasteiger partial charge on any atom is -0.508 e. The molecular formula is C25H36O5. The van der Waals surface area contributed by atoms with Crippen LogP contribution in [0.5, 0.6) is 11.5 Å². The molecule has 1 saturated carbocycles. The Morgan fingerprint density at radius 1 is 1.37 bits per heavy atom. The van der Waals surface area contributed by atoms with Crippen molar-refractivity contribution in [3.05, 3.63) is 35.1 Å². The monoisotopic (exact) mass is 416 g/mol. The number of hydrogen-bond acceptors (Lipinski definition) is 5. The van der Waals surface area contributed by atoms with Crippen LogP contribution < -0.4 is 4.74 Å². The molecule has 0 spiro atoms. The van der Waals surface area contributed by atoms with E-state index in [0.717, 1.165) is 37.7 Å². The molecule has 1 aliphatic heterocycles. The Kier molecular flexibility index (Phi) is 6.40. The maximum absolute atomic E-state index is 12.7. The van der Waals surface area contributed by atoms with E-state index in [4.69, 9.17) is 14.2 Å². The molecule has 1 fully saturated rings. The summed E-state index contributed by atoms with van der Waals surface area (Å²) in [4.78, 5) is 12.7. The highest BCUT2D eigenvalue weighted by molar-refractivity contribution is 5.82. The van der Waals surface area contributed by atoms with Gasteiger partial charge in [-0.2, -0.15) is 0 Å². The number of ether oxygens (including phenoxy) is 3. The summed E-state index contributed by atoms with van der Waals surface area (Å²) in [5.74, 6) is 1.05. The first-order valence-electron chi connectivity index (χ1n) is 11.1. The number of methoxy groups -OCH3 is 1. The summed E-state index contributed by atoms with van der Waals surface area (Å²) in [6.45, 7) is 10.4. The van der Waals surface area contributed by atoms with E-state index in [1.54, 1.807) is 13.2 Å². The normalized spacial score (nSPS) is 23.9. The molecule has 0 radical (unpaired) electrons. The number of allylic oxidation sites excluding steroid dienone is 1. The van der Waals surface area contributed by atoms with Gasteiger partial charge in [0, 0.05) is 17.4 Å². The molecule has 30 heavy (non-hydrogen) atoms. The Labute approximate surface area is 180 Å². The predicted molar refractivity (Wildman–Crippen MR) is 117 cm³/mol. The second-order valence-electron chi connectivity index (χ2n) is 9.69. The number of hydrogen-bond donors (Lipinski definition) is 1. The molecule has 1 N–H and O–H groups in total. The second kappa shape index (κ2) is 8.52. The fourth-order valence-corrected chi connectivity index (χ4v) is 4.87. The molecule has 3 rings (SSSR count). The van der Waals surface area contributed by atoms with E-state index in [1.165, 1.54) is 5.57 Å². The molecule has 2 aliphatic rings. The maximum Gasteiger partial charge on any atom is 0.315 e. The number of benzene rings is 1. The summed E-state index contributed by atoms with van der Waals surface area (Å²) in [6, 6.07) is 3.63. The maximum atomic E-state index is 12.7. The minimum atomic E-state index is -0.877. The van der Waals surface area contributed by atoms with Gasteiger partial charge in [0.15, 0.2) is 0 Å². The van der Waals surface area contributed by atoms with Gasteiger partial charge in [0.05, 0.1) is 25.4 Å². The van der Waals surface area contributed by atoms with E-state index in [9.17, 15) is 9.90 Å². The van der Waals surface area contributed by atoms with Crippen LogP contribution in [-0.2, 0) is 19.7 Å². The van der Waals surface area contributed by atoms with Gasteiger partial charge in [-0.05, 0) is 76.6 Å². The zero-order valence-corrected chi connectivity index (χ0v) is 19.2. The number of rotatable bonds is 6. The first-order valence-corrected chi connectivity index (χ1v) is 11.1. The van der Waals surface area contributed by atoms with E-state index >= 15 is 0 Å². The summed E-state index contributed by atoms with van der Waals surface area (Å²) in [7, 11) is 1.67. The van der Waals surface area contributed by atoms with E-state index < -0.39 is 5.41 Å². The van der Waals surface area contributed by atoms with Crippen molar-refractivity contribution in [1.82, 2.24) is 0 Å². The van der Waals surface area contributed by atoms with Gasteiger partial charge in [-0.1, -0.05) is 13.3 Å². The van der Waals surface area contributed by atoms with E-state index in [-0.39, 0.29) is 23.2 Å². The molecule has 0 saturated heterocycles. The quantitative estimate of drug-likeness (QED) is 0.372. The van der Waals surface area contributed by atoms with Crippen molar-refractivity contribution < 1.29 is 24.1 Å². The molecule has 5 heteroatoms. The number of unbranched alkanes of at least 4 members (excludes halogenated alkanes) is 1. The average Bonchev–Trinajstić information content (AvgIpc) is 2.67. The first-order chi connectivity index (χ1) is 14.1. The highest BCUT2D eigenvalue weighted by Gasteiger charge is 2.47. The molecule has 2 atom stereocenters. The molecule has 5 nitrogen and oxygen atoms in total. The molecular weight excluding hydrogens is 380 g/mol. The van der Waals surface area contributed by atoms with Gasteiger partial charge in [0.2, 0.25) is 0 Å². The zero-order valence-electron chi connectivity index (χ0n) is 19.2. The van der Waals surface area contributed by atoms with E-state index in [2.05, 4.69) is 20.8 Å². The van der Waals surface area contributed by atoms with Crippen LogP contribution in [0.2, 0.25) is 0 Å². The third-order valence-electron chi connectivity index (χ3n) is 6.75. The molecule has 0 aromatic heterocycles. The van der Waals surface area contributed by atoms with Crippen LogP contribution >= 0.6 is 0 Å². The highest BCUT2D eigenvalue weighted by Crippen LogP contribution is 2.55. The largest absolute Gasteiger partial charge is 0.508 e. The SMILES string of the molecule is CCCCOC(=O)C(C)(C)c1cc(O)c2c(c1)OC(C)(C)[C@@H]1CCC(=COC)C[C@@H]21. The van der Waals surface area contributed by atoms with Crippen LogP contribution in [0.3, 0.4) is 0 Å². The van der Waals surface area contributed by atoms with Gasteiger partial charge in [-0.25, -0.2) is 0 Å². The average molecular weight is 417 g/mol. The smallest absolute Gasteiger partial charge is 0.315 e. The fourth-order valence-electron chi connectivity index (χ4n) is 4.87. The van der Waals surface area contributed by atoms with Gasteiger partial charge in [-0.15, -0.1) is 0 Å². The van der Waals surface area contributed by atoms with Crippen LogP contribution in [0.25, 0.3) is 0 Å². The van der Waals surface area contributed by atoms with Gasteiger partial charge in [0.25, 0.3) is 0 Å². The molecule has 1 aromatic rings. The number of carbonyl (C=O) groups excluding carboxylic acids is 1. The standard InChI is InChI=1S/C25H36O5/c1-7-8-11-29-23(27)24(2,3)17-13-20(26)22-18-12-16(15-28-6)9-10-19(18)25(4,5)30-21(22)14-17/h13-15,18-19,26H,7-12H2,1-6H3/t18-,19-/m1/s1. The molecule has 166 valence electrons. The Balaban J connectivity index is 1.98. The third-order valence-corrected chi connectivity index (χ3v) is 6.75. The lowest BCUT2D eigenvalue weighted by Crippen LogP contribution is -2.46. The number of aromatic hydroxyl groups is 1.